The largest absolute Gasteiger partial charge is 0.497 e. The molecule has 0 radical (unpaired) electrons. The summed E-state index contributed by atoms with van der Waals surface area (Å²) in [5, 5.41) is 10.9. The molecule has 7 heteroatoms. The molecule has 0 saturated carbocycles. The average molecular weight is 316 g/mol. The number of nitrogens with one attached hydrogen (secondary N) is 1. The lowest BCUT2D eigenvalue weighted by Crippen LogP contribution is -2.32. The minimum atomic E-state index is -0.215. The molecule has 3 rings (SSSR count). The first-order valence-electron chi connectivity index (χ1n) is 7.57. The Hall–Kier alpha value is -2.41. The van der Waals surface area contributed by atoms with Crippen LogP contribution in [0.15, 0.2) is 24.3 Å². The molecule has 7 nitrogen and oxygen atoms in total. The Morgan fingerprint density at radius 3 is 2.78 bits per heavy atom. The van der Waals surface area contributed by atoms with Crippen molar-refractivity contribution in [2.45, 2.75) is 39.1 Å². The minimum absolute atomic E-state index is 0.0522. The lowest BCUT2D eigenvalue weighted by atomic mass is 10.1. The van der Waals surface area contributed by atoms with Gasteiger partial charge in [-0.2, -0.15) is 0 Å². The van der Waals surface area contributed by atoms with E-state index in [4.69, 9.17) is 9.47 Å². The Bertz CT molecular complexity index is 694. The number of hydrogen-bond acceptors (Lipinski definition) is 5. The van der Waals surface area contributed by atoms with Gasteiger partial charge in [-0.15, -0.1) is 5.10 Å². The zero-order valence-corrected chi connectivity index (χ0v) is 13.4. The molecule has 2 aromatic rings. The number of nitrogens with zero attached hydrogens (tertiary/aromatic N) is 3. The number of rotatable bonds is 4. The van der Waals surface area contributed by atoms with E-state index in [1.165, 1.54) is 0 Å². The van der Waals surface area contributed by atoms with Crippen LogP contribution in [-0.4, -0.2) is 34.1 Å². The smallest absolute Gasteiger partial charge is 0.274 e. The normalized spacial score (nSPS) is 17.0. The van der Waals surface area contributed by atoms with E-state index >= 15 is 0 Å². The summed E-state index contributed by atoms with van der Waals surface area (Å²) in [6, 6.07) is 7.79. The molecule has 1 N–H and O–H groups in total. The molecule has 1 atom stereocenters. The summed E-state index contributed by atoms with van der Waals surface area (Å²) in [4.78, 5) is 12.1. The number of ether oxygens (including phenoxy) is 2. The van der Waals surface area contributed by atoms with Gasteiger partial charge in [-0.25, -0.2) is 4.68 Å². The topological polar surface area (TPSA) is 78.3 Å². The Labute approximate surface area is 134 Å². The summed E-state index contributed by atoms with van der Waals surface area (Å²) < 4.78 is 12.8. The molecule has 0 bridgehead atoms. The number of amides is 1. The summed E-state index contributed by atoms with van der Waals surface area (Å²) >= 11 is 0. The maximum Gasteiger partial charge on any atom is 0.274 e. The molecular weight excluding hydrogens is 296 g/mol. The number of aromatic nitrogens is 3. The Balaban J connectivity index is 1.76. The molecule has 0 saturated heterocycles. The van der Waals surface area contributed by atoms with Gasteiger partial charge in [0.1, 0.15) is 11.9 Å². The van der Waals surface area contributed by atoms with E-state index in [0.29, 0.717) is 24.5 Å². The van der Waals surface area contributed by atoms with E-state index in [-0.39, 0.29) is 18.1 Å². The number of carbonyl (C=O) groups is 1. The van der Waals surface area contributed by atoms with Gasteiger partial charge >= 0.3 is 0 Å². The van der Waals surface area contributed by atoms with E-state index in [0.717, 1.165) is 11.3 Å². The Morgan fingerprint density at radius 2 is 2.13 bits per heavy atom. The van der Waals surface area contributed by atoms with E-state index in [1.807, 2.05) is 38.1 Å². The number of carbonyl (C=O) groups excluding carboxylic acids is 1. The molecule has 0 spiro atoms. The molecule has 1 unspecified atom stereocenters. The van der Waals surface area contributed by atoms with Crippen molar-refractivity contribution in [2.24, 2.45) is 0 Å². The fraction of sp³-hybridized carbons (Fsp3) is 0.438. The fourth-order valence-electron chi connectivity index (χ4n) is 2.54. The molecule has 0 fully saturated rings. The van der Waals surface area contributed by atoms with Crippen LogP contribution in [0.25, 0.3) is 0 Å². The lowest BCUT2D eigenvalue weighted by molar-refractivity contribution is -0.00179. The molecule has 2 heterocycles. The van der Waals surface area contributed by atoms with E-state index in [2.05, 4.69) is 15.6 Å². The van der Waals surface area contributed by atoms with Gasteiger partial charge in [-0.1, -0.05) is 17.3 Å². The van der Waals surface area contributed by atoms with Crippen LogP contribution < -0.4 is 10.1 Å². The predicted molar refractivity (Wildman–Crippen MR) is 83.1 cm³/mol. The van der Waals surface area contributed by atoms with Gasteiger partial charge in [0.15, 0.2) is 5.69 Å². The first-order valence-corrected chi connectivity index (χ1v) is 7.57. The van der Waals surface area contributed by atoms with Gasteiger partial charge in [-0.05, 0) is 31.5 Å². The number of fused-ring (bicyclic) bond motifs is 1. The molecule has 1 aromatic carbocycles. The molecule has 1 aliphatic heterocycles. The van der Waals surface area contributed by atoms with Crippen molar-refractivity contribution in [3.8, 4) is 5.75 Å². The summed E-state index contributed by atoms with van der Waals surface area (Å²) in [5.41, 5.74) is 2.10. The van der Waals surface area contributed by atoms with Crippen LogP contribution in [0.5, 0.6) is 5.75 Å². The van der Waals surface area contributed by atoms with Crippen LogP contribution in [-0.2, 0) is 17.9 Å². The molecule has 1 aromatic heterocycles. The molecule has 23 heavy (non-hydrogen) atoms. The standard InChI is InChI=1S/C16H20N4O3/c1-10(2)17-16(21)15-13-9-23-14(8-20(13)19-18-15)11-4-6-12(22-3)7-5-11/h4-7,10,14H,8-9H2,1-3H3,(H,17,21). The quantitative estimate of drug-likeness (QED) is 0.929. The minimum Gasteiger partial charge on any atom is -0.497 e. The Morgan fingerprint density at radius 1 is 1.39 bits per heavy atom. The van der Waals surface area contributed by atoms with Crippen molar-refractivity contribution < 1.29 is 14.3 Å². The van der Waals surface area contributed by atoms with Crippen molar-refractivity contribution in [3.05, 3.63) is 41.2 Å². The van der Waals surface area contributed by atoms with Crippen LogP contribution in [0, 0.1) is 0 Å². The predicted octanol–water partition coefficient (Wildman–Crippen LogP) is 1.70. The molecule has 0 aliphatic carbocycles. The number of benzene rings is 1. The SMILES string of the molecule is COc1ccc(C2Cn3nnc(C(=O)NC(C)C)c3CO2)cc1. The number of hydrogen-bond donors (Lipinski definition) is 1. The molecule has 122 valence electrons. The highest BCUT2D eigenvalue weighted by Gasteiger charge is 2.27. The second-order valence-electron chi connectivity index (χ2n) is 5.77. The first-order chi connectivity index (χ1) is 11.1. The lowest BCUT2D eigenvalue weighted by Gasteiger charge is -2.24. The monoisotopic (exact) mass is 316 g/mol. The van der Waals surface area contributed by atoms with E-state index in [9.17, 15) is 4.79 Å². The zero-order chi connectivity index (χ0) is 16.4. The summed E-state index contributed by atoms with van der Waals surface area (Å²) in [5.74, 6) is 0.589. The second-order valence-corrected chi connectivity index (χ2v) is 5.77. The van der Waals surface area contributed by atoms with E-state index in [1.54, 1.807) is 11.8 Å². The van der Waals surface area contributed by atoms with E-state index < -0.39 is 0 Å². The third-order valence-corrected chi connectivity index (χ3v) is 3.72. The third-order valence-electron chi connectivity index (χ3n) is 3.72. The van der Waals surface area contributed by atoms with Gasteiger partial charge in [-0.3, -0.25) is 4.79 Å². The highest BCUT2D eigenvalue weighted by Crippen LogP contribution is 2.28. The fourth-order valence-corrected chi connectivity index (χ4v) is 2.54. The van der Waals surface area contributed by atoms with Gasteiger partial charge in [0.2, 0.25) is 0 Å². The molecular formula is C16H20N4O3. The summed E-state index contributed by atoms with van der Waals surface area (Å²) in [6.45, 7) is 4.66. The average Bonchev–Trinajstić information content (AvgIpc) is 2.97. The number of methoxy groups -OCH3 is 1. The maximum absolute atomic E-state index is 12.1. The van der Waals surface area contributed by atoms with Crippen LogP contribution in [0.3, 0.4) is 0 Å². The second kappa shape index (κ2) is 6.37. The van der Waals surface area contributed by atoms with Gasteiger partial charge in [0.05, 0.1) is 26.0 Å². The summed E-state index contributed by atoms with van der Waals surface area (Å²) in [6.07, 6.45) is -0.115. The van der Waals surface area contributed by atoms with Crippen molar-refractivity contribution in [1.82, 2.24) is 20.3 Å². The molecule has 1 aliphatic rings. The highest BCUT2D eigenvalue weighted by molar-refractivity contribution is 5.93. The third kappa shape index (κ3) is 3.19. The van der Waals surface area contributed by atoms with Crippen LogP contribution >= 0.6 is 0 Å². The van der Waals surface area contributed by atoms with Crippen molar-refractivity contribution in [3.63, 3.8) is 0 Å². The van der Waals surface area contributed by atoms with Crippen LogP contribution in [0.2, 0.25) is 0 Å². The summed E-state index contributed by atoms with van der Waals surface area (Å²) in [7, 11) is 1.64. The first kappa shape index (κ1) is 15.5. The van der Waals surface area contributed by atoms with Crippen LogP contribution in [0.1, 0.15) is 41.7 Å². The van der Waals surface area contributed by atoms with Gasteiger partial charge in [0.25, 0.3) is 5.91 Å². The molecule has 1 amide bonds. The van der Waals surface area contributed by atoms with Gasteiger partial charge in [0, 0.05) is 6.04 Å². The van der Waals surface area contributed by atoms with Gasteiger partial charge < -0.3 is 14.8 Å². The van der Waals surface area contributed by atoms with Crippen molar-refractivity contribution >= 4 is 5.91 Å². The zero-order valence-electron chi connectivity index (χ0n) is 13.4. The maximum atomic E-state index is 12.1. The van der Waals surface area contributed by atoms with Crippen molar-refractivity contribution in [1.29, 1.82) is 0 Å². The highest BCUT2D eigenvalue weighted by atomic mass is 16.5. The van der Waals surface area contributed by atoms with Crippen LogP contribution in [0.4, 0.5) is 0 Å². The van der Waals surface area contributed by atoms with Crippen molar-refractivity contribution in [2.75, 3.05) is 7.11 Å². The Kier molecular flexibility index (Phi) is 4.29.